The highest BCUT2D eigenvalue weighted by Gasteiger charge is 2.43. The van der Waals surface area contributed by atoms with Crippen LogP contribution >= 0.6 is 45.1 Å². The van der Waals surface area contributed by atoms with E-state index in [1.54, 1.807) is 0 Å². The Morgan fingerprint density at radius 3 is 2.12 bits per heavy atom. The van der Waals surface area contributed by atoms with Crippen LogP contribution in [0.4, 0.5) is 10.6 Å². The number of nitrogens with one attached hydrogen (secondary N) is 4. The first-order chi connectivity index (χ1) is 36.8. The fraction of sp³-hybridized carbons (Fsp3) is 0.500. The number of aromatic nitrogens is 2. The van der Waals surface area contributed by atoms with Gasteiger partial charge in [-0.15, -0.1) is 0 Å². The van der Waals surface area contributed by atoms with Gasteiger partial charge in [0.1, 0.15) is 36.8 Å². The number of amides is 4. The number of alkyl carbamates (subject to hydrolysis) is 1. The molecule has 0 radical (unpaired) electrons. The first-order valence-corrected chi connectivity index (χ1v) is 31.0. The monoisotopic (exact) mass is 1200 g/mol. The molecule has 2 aliphatic rings. The molecule has 78 heavy (non-hydrogen) atoms. The molecular formula is C44H60N7O22P3S2. The van der Waals surface area contributed by atoms with E-state index in [4.69, 9.17) is 30.1 Å². The Labute approximate surface area is 452 Å². The summed E-state index contributed by atoms with van der Waals surface area (Å²) in [4.78, 5) is 127. The first kappa shape index (κ1) is 63.6. The number of unbranched alkanes of at least 4 members (excludes halogenated alkanes) is 2. The molecule has 13 N–H and O–H groups in total. The maximum absolute atomic E-state index is 13.5. The van der Waals surface area contributed by atoms with E-state index in [1.165, 1.54) is 27.8 Å². The van der Waals surface area contributed by atoms with Gasteiger partial charge in [-0.25, -0.2) is 28.1 Å². The third-order valence-electron chi connectivity index (χ3n) is 11.7. The number of ether oxygens (including phenoxy) is 2. The lowest BCUT2D eigenvalue weighted by atomic mass is 9.98. The number of anilines is 1. The number of aliphatic carboxylic acids is 2. The lowest BCUT2D eigenvalue weighted by molar-refractivity contribution is -0.143. The summed E-state index contributed by atoms with van der Waals surface area (Å²) in [7, 11) is -14.4. The minimum atomic E-state index is -5.79. The molecule has 34 heteroatoms. The molecule has 0 saturated carbocycles. The van der Waals surface area contributed by atoms with Gasteiger partial charge in [0.05, 0.1) is 12.7 Å². The lowest BCUT2D eigenvalue weighted by Gasteiger charge is -2.19. The largest absolute Gasteiger partial charge is 0.490 e. The van der Waals surface area contributed by atoms with Gasteiger partial charge in [-0.1, -0.05) is 76.5 Å². The molecule has 4 amide bonds. The van der Waals surface area contributed by atoms with Crippen LogP contribution in [0.1, 0.15) is 86.6 Å². The van der Waals surface area contributed by atoms with E-state index in [-0.39, 0.29) is 75.2 Å². The minimum absolute atomic E-state index is 0.00503. The molecule has 5 rings (SSSR count). The highest BCUT2D eigenvalue weighted by molar-refractivity contribution is 8.76. The third kappa shape index (κ3) is 20.8. The van der Waals surface area contributed by atoms with Crippen molar-refractivity contribution in [2.24, 2.45) is 0 Å². The zero-order valence-corrected chi connectivity index (χ0v) is 45.7. The van der Waals surface area contributed by atoms with Crippen molar-refractivity contribution in [3.8, 4) is 11.1 Å². The van der Waals surface area contributed by atoms with Crippen molar-refractivity contribution in [2.45, 2.75) is 101 Å². The molecule has 2 heterocycles. The third-order valence-corrected chi connectivity index (χ3v) is 17.9. The second kappa shape index (κ2) is 29.8. The maximum Gasteiger partial charge on any atom is 0.490 e. The molecule has 3 aromatic rings. The molecular weight excluding hydrogens is 1140 g/mol. The molecule has 29 nitrogen and oxygen atoms in total. The number of carboxylic acids is 2. The van der Waals surface area contributed by atoms with Crippen molar-refractivity contribution in [2.75, 3.05) is 43.5 Å². The van der Waals surface area contributed by atoms with E-state index in [0.717, 1.165) is 26.8 Å². The molecule has 0 spiro atoms. The molecule has 1 aliphatic heterocycles. The summed E-state index contributed by atoms with van der Waals surface area (Å²) in [5, 5.41) is 39.2. The van der Waals surface area contributed by atoms with Crippen molar-refractivity contribution < 1.29 is 100.0 Å². The first-order valence-electron chi connectivity index (χ1n) is 23.9. The zero-order valence-electron chi connectivity index (χ0n) is 41.4. The number of hydrogen-bond acceptors (Lipinski definition) is 20. The number of nitrogens with zero attached hydrogens (tertiary/aromatic N) is 2. The van der Waals surface area contributed by atoms with Crippen LogP contribution in [-0.4, -0.2) is 142 Å². The smallest absolute Gasteiger partial charge is 0.481 e. The Morgan fingerprint density at radius 2 is 1.46 bits per heavy atom. The normalized spacial score (nSPS) is 18.3. The van der Waals surface area contributed by atoms with E-state index in [1.807, 2.05) is 48.5 Å². The summed E-state index contributed by atoms with van der Waals surface area (Å²) in [6, 6.07) is 13.2. The summed E-state index contributed by atoms with van der Waals surface area (Å²) in [5.74, 6) is -3.86. The topological polar surface area (TPSA) is 450 Å². The van der Waals surface area contributed by atoms with E-state index in [2.05, 4.69) is 39.4 Å². The molecule has 430 valence electrons. The van der Waals surface area contributed by atoms with Crippen LogP contribution in [0, 0.1) is 0 Å². The van der Waals surface area contributed by atoms with Gasteiger partial charge in [0.25, 0.3) is 0 Å². The summed E-state index contributed by atoms with van der Waals surface area (Å²) in [6.07, 6.45) is -2.65. The number of nitrogens with two attached hydrogens (primary N) is 1. The summed E-state index contributed by atoms with van der Waals surface area (Å²) in [5.41, 5.74) is 9.54. The standard InChI is InChI=1S/C44H60N7O22P3S2/c45-40-26(22-51(43(60)50-40)38-21-34(52)35(71-38)24-70-75(65,66)73-76(67,68)72-74(62,63)64)9-8-19-46-36(53)17-20-77-78-25-33(41(57)47-18-7-1-2-14-37(54)48-32(42(58)59)15-16-39(55)56)49-44(61)69-23-31-29-12-5-3-10-27(29)28-11-4-6-13-30(28)31/h3-6,10-13,22,31-35,38,52H,1-2,7-9,14-21,23-25H2,(H,46,53)(H,47,57)(H,48,54)(H,49,61)(H,55,56)(H,58,59)(H,65,66)(H,67,68)(H2,45,50,60)(H2,62,63,64)/t32?,33?,34-,35-,38-/m1/s1. The van der Waals surface area contributed by atoms with Gasteiger partial charge in [0.15, 0.2) is 0 Å². The van der Waals surface area contributed by atoms with Crippen LogP contribution in [0.5, 0.6) is 0 Å². The molecule has 1 aliphatic carbocycles. The number of rotatable bonds is 33. The number of aliphatic hydroxyl groups is 1. The fourth-order valence-electron chi connectivity index (χ4n) is 8.01. The van der Waals surface area contributed by atoms with Crippen molar-refractivity contribution in [1.82, 2.24) is 30.8 Å². The van der Waals surface area contributed by atoms with Gasteiger partial charge >= 0.3 is 47.2 Å². The number of benzene rings is 2. The molecule has 2 aromatic carbocycles. The van der Waals surface area contributed by atoms with Crippen LogP contribution in [0.3, 0.4) is 0 Å². The number of carbonyl (C=O) groups excluding carboxylic acids is 4. The second-order valence-electron chi connectivity index (χ2n) is 17.5. The van der Waals surface area contributed by atoms with Gasteiger partial charge in [-0.2, -0.15) is 13.6 Å². The van der Waals surface area contributed by atoms with Crippen LogP contribution in [0.2, 0.25) is 0 Å². The van der Waals surface area contributed by atoms with Gasteiger partial charge in [-0.05, 0) is 54.4 Å². The Balaban J connectivity index is 1.05. The van der Waals surface area contributed by atoms with Crippen LogP contribution in [0.25, 0.3) is 11.1 Å². The Morgan fingerprint density at radius 1 is 0.795 bits per heavy atom. The number of carbonyl (C=O) groups is 6. The average Bonchev–Trinajstić information content (AvgIpc) is 3.91. The van der Waals surface area contributed by atoms with Crippen LogP contribution in [0.15, 0.2) is 59.5 Å². The SMILES string of the molecule is Nc1nc(=O)n([C@H]2C[C@@H](O)[C@@H](COP(=O)(O)OP(=O)(O)OP(=O)(O)O)O2)cc1CCCNC(=O)CCSSCC(NC(=O)OCC1c2ccccc2-c2ccccc21)C(=O)NCCCCCC(=O)NC(CCC(=O)O)C(=O)O. The van der Waals surface area contributed by atoms with Gasteiger partial charge < -0.3 is 71.4 Å². The highest BCUT2D eigenvalue weighted by atomic mass is 33.1. The summed E-state index contributed by atoms with van der Waals surface area (Å²) < 4.78 is 58.8. The quantitative estimate of drug-likeness (QED) is 0.0237. The van der Waals surface area contributed by atoms with Gasteiger partial charge in [0.2, 0.25) is 17.7 Å². The van der Waals surface area contributed by atoms with Crippen molar-refractivity contribution >= 4 is 86.6 Å². The molecule has 7 atom stereocenters. The molecule has 1 aromatic heterocycles. The highest BCUT2D eigenvalue weighted by Crippen LogP contribution is 2.66. The molecule has 0 bridgehead atoms. The van der Waals surface area contributed by atoms with Crippen molar-refractivity contribution in [1.29, 1.82) is 0 Å². The Bertz CT molecular complexity index is 2780. The number of nitrogen functional groups attached to an aromatic ring is 1. The number of hydrogen-bond donors (Lipinski definition) is 12. The Kier molecular flexibility index (Phi) is 24.3. The van der Waals surface area contributed by atoms with Crippen molar-refractivity contribution in [3.05, 3.63) is 81.9 Å². The predicted octanol–water partition coefficient (Wildman–Crippen LogP) is 2.66. The predicted molar refractivity (Wildman–Crippen MR) is 278 cm³/mol. The molecule has 1 fully saturated rings. The van der Waals surface area contributed by atoms with E-state index in [0.29, 0.717) is 37.0 Å². The number of fused-ring (bicyclic) bond motifs is 3. The molecule has 1 saturated heterocycles. The van der Waals surface area contributed by atoms with Gasteiger partial charge in [0, 0.05) is 68.0 Å². The van der Waals surface area contributed by atoms with Crippen molar-refractivity contribution in [3.63, 3.8) is 0 Å². The number of phosphoric ester groups is 1. The Hall–Kier alpha value is -5.23. The number of aliphatic hydroxyl groups excluding tert-OH is 1. The van der Waals surface area contributed by atoms with E-state index in [9.17, 15) is 67.3 Å². The van der Waals surface area contributed by atoms with Gasteiger partial charge in [-0.3, -0.25) is 28.3 Å². The van der Waals surface area contributed by atoms with E-state index >= 15 is 0 Å². The van der Waals surface area contributed by atoms with Crippen LogP contribution < -0.4 is 32.7 Å². The molecule has 4 unspecified atom stereocenters. The number of carboxylic acid groups (broad SMARTS) is 2. The minimum Gasteiger partial charge on any atom is -0.481 e. The zero-order chi connectivity index (χ0) is 57.2. The van der Waals surface area contributed by atoms with E-state index < -0.39 is 103 Å². The lowest BCUT2D eigenvalue weighted by Crippen LogP contribution is -2.48. The second-order valence-corrected chi connectivity index (χ2v) is 24.5. The maximum atomic E-state index is 13.5. The average molecular weight is 1200 g/mol. The number of phosphoric acid groups is 3. The summed E-state index contributed by atoms with van der Waals surface area (Å²) in [6.45, 7) is -0.596. The van der Waals surface area contributed by atoms with Crippen LogP contribution in [-0.2, 0) is 66.7 Å². The number of aryl methyl sites for hydroxylation is 1. The fourth-order valence-corrected chi connectivity index (χ4v) is 13.2. The summed E-state index contributed by atoms with van der Waals surface area (Å²) >= 11 is 0.